The molecule has 0 spiro atoms. The fourth-order valence-corrected chi connectivity index (χ4v) is 2.42. The van der Waals surface area contributed by atoms with E-state index in [2.05, 4.69) is 15.5 Å². The average molecular weight is 284 g/mol. The maximum atomic E-state index is 10.9. The SMILES string of the molecule is CC(=O)NCCn1c(SCC(=O)O)nnc1C1CC1. The van der Waals surface area contributed by atoms with Crippen LogP contribution in [0.15, 0.2) is 5.16 Å². The van der Waals surface area contributed by atoms with Gasteiger partial charge in [-0.25, -0.2) is 0 Å². The van der Waals surface area contributed by atoms with Crippen molar-refractivity contribution in [2.75, 3.05) is 12.3 Å². The number of rotatable bonds is 7. The van der Waals surface area contributed by atoms with Crippen molar-refractivity contribution >= 4 is 23.6 Å². The molecule has 1 heterocycles. The predicted octanol–water partition coefficient (Wildman–Crippen LogP) is 0.468. The van der Waals surface area contributed by atoms with Crippen LogP contribution in [0.2, 0.25) is 0 Å². The lowest BCUT2D eigenvalue weighted by molar-refractivity contribution is -0.133. The summed E-state index contributed by atoms with van der Waals surface area (Å²) in [4.78, 5) is 21.5. The smallest absolute Gasteiger partial charge is 0.313 e. The Morgan fingerprint density at radius 1 is 1.47 bits per heavy atom. The van der Waals surface area contributed by atoms with Crippen molar-refractivity contribution in [3.63, 3.8) is 0 Å². The van der Waals surface area contributed by atoms with Gasteiger partial charge >= 0.3 is 5.97 Å². The van der Waals surface area contributed by atoms with Gasteiger partial charge in [0.25, 0.3) is 0 Å². The summed E-state index contributed by atoms with van der Waals surface area (Å²) in [5.41, 5.74) is 0. The number of carbonyl (C=O) groups excluding carboxylic acids is 1. The summed E-state index contributed by atoms with van der Waals surface area (Å²) < 4.78 is 1.92. The molecule has 0 unspecified atom stereocenters. The molecule has 1 saturated carbocycles. The predicted molar refractivity (Wildman–Crippen MR) is 69.0 cm³/mol. The lowest BCUT2D eigenvalue weighted by Crippen LogP contribution is -2.25. The maximum Gasteiger partial charge on any atom is 0.313 e. The molecule has 0 atom stereocenters. The molecule has 8 heteroatoms. The number of nitrogens with one attached hydrogen (secondary N) is 1. The van der Waals surface area contributed by atoms with Gasteiger partial charge in [-0.15, -0.1) is 10.2 Å². The van der Waals surface area contributed by atoms with Gasteiger partial charge in [-0.3, -0.25) is 9.59 Å². The Labute approximate surface area is 114 Å². The Hall–Kier alpha value is -1.57. The molecule has 1 aromatic heterocycles. The van der Waals surface area contributed by atoms with Gasteiger partial charge in [0.15, 0.2) is 5.16 Å². The number of carboxylic acids is 1. The van der Waals surface area contributed by atoms with Gasteiger partial charge < -0.3 is 15.0 Å². The van der Waals surface area contributed by atoms with Gasteiger partial charge in [-0.1, -0.05) is 11.8 Å². The molecule has 0 saturated heterocycles. The molecule has 1 amide bonds. The van der Waals surface area contributed by atoms with E-state index in [0.717, 1.165) is 30.4 Å². The fourth-order valence-electron chi connectivity index (χ4n) is 1.73. The van der Waals surface area contributed by atoms with Crippen molar-refractivity contribution < 1.29 is 14.7 Å². The van der Waals surface area contributed by atoms with Crippen molar-refractivity contribution in [3.05, 3.63) is 5.82 Å². The van der Waals surface area contributed by atoms with Gasteiger partial charge in [0.1, 0.15) is 5.82 Å². The summed E-state index contributed by atoms with van der Waals surface area (Å²) in [7, 11) is 0. The quantitative estimate of drug-likeness (QED) is 0.706. The van der Waals surface area contributed by atoms with Crippen LogP contribution >= 0.6 is 11.8 Å². The third kappa shape index (κ3) is 3.95. The van der Waals surface area contributed by atoms with E-state index in [1.165, 1.54) is 6.92 Å². The Morgan fingerprint density at radius 2 is 2.21 bits per heavy atom. The highest BCUT2D eigenvalue weighted by Gasteiger charge is 2.30. The molecule has 7 nitrogen and oxygen atoms in total. The molecule has 104 valence electrons. The molecule has 19 heavy (non-hydrogen) atoms. The zero-order valence-corrected chi connectivity index (χ0v) is 11.4. The third-order valence-corrected chi connectivity index (χ3v) is 3.67. The van der Waals surface area contributed by atoms with Crippen molar-refractivity contribution in [2.24, 2.45) is 0 Å². The second-order valence-electron chi connectivity index (χ2n) is 4.43. The van der Waals surface area contributed by atoms with Crippen molar-refractivity contribution in [1.29, 1.82) is 0 Å². The number of carbonyl (C=O) groups is 2. The van der Waals surface area contributed by atoms with E-state index in [-0.39, 0.29) is 11.7 Å². The Balaban J connectivity index is 2.04. The van der Waals surface area contributed by atoms with Crippen LogP contribution in [-0.2, 0) is 16.1 Å². The zero-order chi connectivity index (χ0) is 13.8. The topological polar surface area (TPSA) is 97.1 Å². The van der Waals surface area contributed by atoms with Crippen LogP contribution in [0.4, 0.5) is 0 Å². The molecule has 0 bridgehead atoms. The number of hydrogen-bond acceptors (Lipinski definition) is 5. The van der Waals surface area contributed by atoms with Crippen LogP contribution in [0.1, 0.15) is 31.5 Å². The first-order valence-electron chi connectivity index (χ1n) is 6.10. The Morgan fingerprint density at radius 3 is 2.79 bits per heavy atom. The first-order chi connectivity index (χ1) is 9.08. The third-order valence-electron chi connectivity index (χ3n) is 2.72. The molecule has 2 rings (SSSR count). The van der Waals surface area contributed by atoms with E-state index in [9.17, 15) is 9.59 Å². The molecule has 0 radical (unpaired) electrons. The monoisotopic (exact) mass is 284 g/mol. The van der Waals surface area contributed by atoms with Crippen LogP contribution in [0.25, 0.3) is 0 Å². The van der Waals surface area contributed by atoms with E-state index >= 15 is 0 Å². The summed E-state index contributed by atoms with van der Waals surface area (Å²) in [5.74, 6) is 0.334. The first kappa shape index (κ1) is 13.9. The van der Waals surface area contributed by atoms with Crippen LogP contribution in [0, 0.1) is 0 Å². The molecular formula is C11H16N4O3S. The number of aliphatic carboxylic acids is 1. The number of amides is 1. The van der Waals surface area contributed by atoms with Gasteiger partial charge in [0.05, 0.1) is 5.75 Å². The molecule has 0 aliphatic heterocycles. The molecule has 1 aliphatic rings. The highest BCUT2D eigenvalue weighted by Crippen LogP contribution is 2.39. The normalized spacial score (nSPS) is 14.4. The minimum atomic E-state index is -0.880. The summed E-state index contributed by atoms with van der Waals surface area (Å²) >= 11 is 1.16. The highest BCUT2D eigenvalue weighted by atomic mass is 32.2. The van der Waals surface area contributed by atoms with Crippen LogP contribution < -0.4 is 5.32 Å². The molecule has 1 fully saturated rings. The summed E-state index contributed by atoms with van der Waals surface area (Å²) in [6.07, 6.45) is 2.20. The summed E-state index contributed by atoms with van der Waals surface area (Å²) in [6, 6.07) is 0. The van der Waals surface area contributed by atoms with E-state index < -0.39 is 5.97 Å². The minimum absolute atomic E-state index is 0.0388. The molecular weight excluding hydrogens is 268 g/mol. The van der Waals surface area contributed by atoms with Gasteiger partial charge in [0.2, 0.25) is 5.91 Å². The van der Waals surface area contributed by atoms with Gasteiger partial charge in [-0.2, -0.15) is 0 Å². The minimum Gasteiger partial charge on any atom is -0.481 e. The van der Waals surface area contributed by atoms with Crippen molar-refractivity contribution in [3.8, 4) is 0 Å². The largest absolute Gasteiger partial charge is 0.481 e. The Bertz CT molecular complexity index is 484. The fraction of sp³-hybridized carbons (Fsp3) is 0.636. The molecule has 2 N–H and O–H groups in total. The standard InChI is InChI=1S/C11H16N4O3S/c1-7(16)12-4-5-15-10(8-2-3-8)13-14-11(15)19-6-9(17)18/h8H,2-6H2,1H3,(H,12,16)(H,17,18). The number of aromatic nitrogens is 3. The van der Waals surface area contributed by atoms with Gasteiger partial charge in [-0.05, 0) is 12.8 Å². The van der Waals surface area contributed by atoms with E-state index in [1.807, 2.05) is 4.57 Å². The van der Waals surface area contributed by atoms with Crippen molar-refractivity contribution in [2.45, 2.75) is 37.4 Å². The second kappa shape index (κ2) is 6.05. The average Bonchev–Trinajstić information content (AvgIpc) is 3.09. The second-order valence-corrected chi connectivity index (χ2v) is 5.37. The number of thioether (sulfide) groups is 1. The first-order valence-corrected chi connectivity index (χ1v) is 7.08. The molecule has 1 aliphatic carbocycles. The van der Waals surface area contributed by atoms with Crippen molar-refractivity contribution in [1.82, 2.24) is 20.1 Å². The summed E-state index contributed by atoms with van der Waals surface area (Å²) in [5, 5.41) is 20.2. The zero-order valence-electron chi connectivity index (χ0n) is 10.6. The van der Waals surface area contributed by atoms with Gasteiger partial charge in [0, 0.05) is 25.9 Å². The molecule has 1 aromatic rings. The number of hydrogen-bond donors (Lipinski definition) is 2. The van der Waals surface area contributed by atoms with Crippen LogP contribution in [0.5, 0.6) is 0 Å². The highest BCUT2D eigenvalue weighted by molar-refractivity contribution is 7.99. The maximum absolute atomic E-state index is 10.9. The van der Waals surface area contributed by atoms with Crippen LogP contribution in [-0.4, -0.2) is 44.0 Å². The number of carboxylic acid groups (broad SMARTS) is 1. The summed E-state index contributed by atoms with van der Waals surface area (Å²) in [6.45, 7) is 2.53. The number of nitrogens with zero attached hydrogens (tertiary/aromatic N) is 3. The lowest BCUT2D eigenvalue weighted by atomic mass is 10.4. The Kier molecular flexibility index (Phi) is 4.41. The van der Waals surface area contributed by atoms with Crippen LogP contribution in [0.3, 0.4) is 0 Å². The van der Waals surface area contributed by atoms with E-state index in [4.69, 9.17) is 5.11 Å². The van der Waals surface area contributed by atoms with E-state index in [0.29, 0.717) is 24.2 Å². The lowest BCUT2D eigenvalue weighted by Gasteiger charge is -2.09. The van der Waals surface area contributed by atoms with E-state index in [1.54, 1.807) is 0 Å². The molecule has 0 aromatic carbocycles.